The predicted molar refractivity (Wildman–Crippen MR) is 41.8 cm³/mol. The van der Waals surface area contributed by atoms with Gasteiger partial charge in [-0.3, -0.25) is 5.92 Å². The average Bonchev–Trinajstić information content (AvgIpc) is 1.90. The summed E-state index contributed by atoms with van der Waals surface area (Å²) in [6, 6.07) is 0. The van der Waals surface area contributed by atoms with Gasteiger partial charge >= 0.3 is 0 Å². The van der Waals surface area contributed by atoms with Crippen molar-refractivity contribution in [1.29, 1.82) is 0 Å². The molecule has 0 aromatic heterocycles. The zero-order valence-corrected chi connectivity index (χ0v) is 8.53. The van der Waals surface area contributed by atoms with E-state index in [-0.39, 0.29) is 22.8 Å². The van der Waals surface area contributed by atoms with Crippen molar-refractivity contribution in [2.75, 3.05) is 6.61 Å². The van der Waals surface area contributed by atoms with Crippen molar-refractivity contribution < 1.29 is 22.2 Å². The Morgan fingerprint density at radius 3 is 2.82 bits per heavy atom. The Kier molecular flexibility index (Phi) is 4.14. The summed E-state index contributed by atoms with van der Waals surface area (Å²) in [6.45, 7) is 7.11. The minimum absolute atomic E-state index is 0. The van der Waals surface area contributed by atoms with E-state index in [0.29, 0.717) is 6.61 Å². The van der Waals surface area contributed by atoms with E-state index < -0.39 is 0 Å². The van der Waals surface area contributed by atoms with Gasteiger partial charge in [-0.1, -0.05) is 13.8 Å². The van der Waals surface area contributed by atoms with E-state index in [1.54, 1.807) is 0 Å². The number of oxime groups is 1. The molecular formula is C8H14CrNO-. The topological polar surface area (TPSA) is 21.6 Å². The van der Waals surface area contributed by atoms with Crippen LogP contribution in [-0.2, 0) is 22.2 Å². The summed E-state index contributed by atoms with van der Waals surface area (Å²) in [5.41, 5.74) is 0.181. The van der Waals surface area contributed by atoms with Gasteiger partial charge in [0.05, 0.1) is 0 Å². The molecule has 0 saturated heterocycles. The van der Waals surface area contributed by atoms with Crippen LogP contribution in [-0.4, -0.2) is 12.8 Å². The van der Waals surface area contributed by atoms with Crippen molar-refractivity contribution in [1.82, 2.24) is 0 Å². The van der Waals surface area contributed by atoms with Crippen LogP contribution in [0.4, 0.5) is 0 Å². The molecular weight excluding hydrogens is 178 g/mol. The summed E-state index contributed by atoms with van der Waals surface area (Å²) in [4.78, 5) is 4.97. The van der Waals surface area contributed by atoms with Gasteiger partial charge in [0.15, 0.2) is 0 Å². The molecule has 1 aliphatic rings. The molecule has 64 valence electrons. The van der Waals surface area contributed by atoms with Crippen LogP contribution in [0.25, 0.3) is 0 Å². The predicted octanol–water partition coefficient (Wildman–Crippen LogP) is 2.01. The maximum absolute atomic E-state index is 4.97. The Morgan fingerprint density at radius 2 is 2.18 bits per heavy atom. The molecule has 0 atom stereocenters. The van der Waals surface area contributed by atoms with Crippen LogP contribution in [0.1, 0.15) is 27.2 Å². The molecule has 0 fully saturated rings. The van der Waals surface area contributed by atoms with Crippen LogP contribution in [0, 0.1) is 11.3 Å². The zero-order chi connectivity index (χ0) is 7.61. The van der Waals surface area contributed by atoms with Gasteiger partial charge in [0.1, 0.15) is 0 Å². The van der Waals surface area contributed by atoms with Crippen LogP contribution in [0.5, 0.6) is 0 Å². The van der Waals surface area contributed by atoms with Crippen molar-refractivity contribution in [2.24, 2.45) is 10.6 Å². The van der Waals surface area contributed by atoms with E-state index >= 15 is 0 Å². The Hall–Kier alpha value is 0.00247. The third-order valence-corrected chi connectivity index (χ3v) is 1.55. The molecule has 1 aliphatic heterocycles. The molecule has 0 saturated carbocycles. The van der Waals surface area contributed by atoms with Gasteiger partial charge in [-0.25, -0.2) is 0 Å². The summed E-state index contributed by atoms with van der Waals surface area (Å²) in [5.74, 6) is 1.36. The molecule has 0 bridgehead atoms. The van der Waals surface area contributed by atoms with Gasteiger partial charge in [0, 0.05) is 23.6 Å². The second kappa shape index (κ2) is 4.13. The first-order valence-corrected chi connectivity index (χ1v) is 3.58. The summed E-state index contributed by atoms with van der Waals surface area (Å²) in [7, 11) is 0. The first-order chi connectivity index (χ1) is 4.60. The van der Waals surface area contributed by atoms with Gasteiger partial charge in [-0.2, -0.15) is 13.3 Å². The Labute approximate surface area is 79.1 Å². The van der Waals surface area contributed by atoms with Crippen LogP contribution in [0.2, 0.25) is 0 Å². The van der Waals surface area contributed by atoms with E-state index in [1.165, 1.54) is 5.92 Å². The first-order valence-electron chi connectivity index (χ1n) is 3.58. The fourth-order valence-electron chi connectivity index (χ4n) is 1.20. The molecule has 0 spiro atoms. The van der Waals surface area contributed by atoms with Crippen LogP contribution in [0.15, 0.2) is 5.16 Å². The summed E-state index contributed by atoms with van der Waals surface area (Å²) in [6.07, 6.45) is 2.96. The minimum atomic E-state index is 0. The molecule has 0 radical (unpaired) electrons. The fraction of sp³-hybridized carbons (Fsp3) is 0.750. The van der Waals surface area contributed by atoms with Gasteiger partial charge in [-0.15, -0.1) is 5.16 Å². The summed E-state index contributed by atoms with van der Waals surface area (Å²) in [5, 5.41) is 3.83. The summed E-state index contributed by atoms with van der Waals surface area (Å²) < 4.78 is 0. The summed E-state index contributed by atoms with van der Waals surface area (Å²) >= 11 is 0. The Bertz CT molecular complexity index is 145. The molecule has 11 heavy (non-hydrogen) atoms. The maximum atomic E-state index is 4.97. The van der Waals surface area contributed by atoms with E-state index in [9.17, 15) is 0 Å². The monoisotopic (exact) mass is 192 g/mol. The molecule has 0 N–H and O–H groups in total. The fourth-order valence-corrected chi connectivity index (χ4v) is 1.20. The number of hydrogen-bond acceptors (Lipinski definition) is 2. The zero-order valence-electron chi connectivity index (χ0n) is 7.26. The van der Waals surface area contributed by atoms with Crippen LogP contribution in [0.3, 0.4) is 0 Å². The average molecular weight is 192 g/mol. The quantitative estimate of drug-likeness (QED) is 0.538. The van der Waals surface area contributed by atoms with E-state index in [2.05, 4.69) is 25.9 Å². The van der Waals surface area contributed by atoms with Crippen molar-refractivity contribution >= 4 is 6.21 Å². The van der Waals surface area contributed by atoms with Gasteiger partial charge in [-0.05, 0) is 12.0 Å². The van der Waals surface area contributed by atoms with Gasteiger partial charge in [0.25, 0.3) is 0 Å². The molecule has 2 nitrogen and oxygen atoms in total. The second-order valence-electron chi connectivity index (χ2n) is 3.63. The third-order valence-electron chi connectivity index (χ3n) is 1.55. The maximum Gasteiger partial charge on any atom is 0.0467 e. The van der Waals surface area contributed by atoms with Crippen molar-refractivity contribution in [3.05, 3.63) is 5.92 Å². The Balaban J connectivity index is 0.000001000. The first kappa shape index (κ1) is 11.0. The molecule has 0 unspecified atom stereocenters. The molecule has 1 rings (SSSR count). The van der Waals surface area contributed by atoms with Crippen molar-refractivity contribution in [3.8, 4) is 0 Å². The third kappa shape index (κ3) is 3.79. The van der Waals surface area contributed by atoms with E-state index in [4.69, 9.17) is 4.84 Å². The van der Waals surface area contributed by atoms with Gasteiger partial charge < -0.3 is 4.84 Å². The molecule has 3 heteroatoms. The van der Waals surface area contributed by atoms with Gasteiger partial charge in [0.2, 0.25) is 0 Å². The Morgan fingerprint density at radius 1 is 1.55 bits per heavy atom. The van der Waals surface area contributed by atoms with E-state index in [1.807, 2.05) is 6.21 Å². The molecule has 0 amide bonds. The molecule has 0 aromatic rings. The van der Waals surface area contributed by atoms with Crippen LogP contribution >= 0.6 is 0 Å². The minimum Gasteiger partial charge on any atom is -0.429 e. The molecule has 0 aliphatic carbocycles. The number of nitrogens with zero attached hydrogens (tertiary/aromatic N) is 1. The molecule has 1 heterocycles. The largest absolute Gasteiger partial charge is 0.429 e. The number of rotatable bonds is 0. The normalized spacial score (nSPS) is 23.2. The molecule has 0 aromatic carbocycles. The van der Waals surface area contributed by atoms with Crippen molar-refractivity contribution in [3.63, 3.8) is 0 Å². The van der Waals surface area contributed by atoms with E-state index in [0.717, 1.165) is 6.42 Å². The smallest absolute Gasteiger partial charge is 0.0467 e. The standard InChI is InChI=1S/C8H14NO.Cr/c1-7-4-8(2,3)6-9-10-5-7;/h6H,4-5H2,1-3H3;/q-1;. The van der Waals surface area contributed by atoms with Crippen molar-refractivity contribution in [2.45, 2.75) is 27.2 Å². The SMILES string of the molecule is C[C-]1CON=CC(C)(C)C1.[Cr]. The number of hydrogen-bond donors (Lipinski definition) is 0. The van der Waals surface area contributed by atoms with Crippen LogP contribution < -0.4 is 0 Å². The second-order valence-corrected chi connectivity index (χ2v) is 3.63.